The van der Waals surface area contributed by atoms with Gasteiger partial charge in [0.1, 0.15) is 16.4 Å². The van der Waals surface area contributed by atoms with Crippen LogP contribution in [0.25, 0.3) is 0 Å². The van der Waals surface area contributed by atoms with Crippen LogP contribution in [-0.4, -0.2) is 35.4 Å². The number of hydrogen-bond acceptors (Lipinski definition) is 5. The molecule has 0 aliphatic carbocycles. The van der Waals surface area contributed by atoms with Crippen LogP contribution in [0.3, 0.4) is 0 Å². The van der Waals surface area contributed by atoms with Gasteiger partial charge in [0.15, 0.2) is 0 Å². The zero-order valence-electron chi connectivity index (χ0n) is 12.8. The highest BCUT2D eigenvalue weighted by Gasteiger charge is 2.36. The molecule has 0 bridgehead atoms. The number of para-hydroxylation sites is 1. The van der Waals surface area contributed by atoms with Gasteiger partial charge in [0.2, 0.25) is 0 Å². The van der Waals surface area contributed by atoms with Gasteiger partial charge in [0.25, 0.3) is 5.91 Å². The smallest absolute Gasteiger partial charge is 0.254 e. The number of hydrogen-bond donors (Lipinski definition) is 2. The van der Waals surface area contributed by atoms with Crippen molar-refractivity contribution in [3.8, 4) is 5.75 Å². The predicted molar refractivity (Wildman–Crippen MR) is 88.8 cm³/mol. The number of carbonyl (C=O) groups is 1. The lowest BCUT2D eigenvalue weighted by atomic mass is 9.88. The van der Waals surface area contributed by atoms with Crippen molar-refractivity contribution in [1.82, 2.24) is 10.3 Å². The molecule has 2 N–H and O–H groups in total. The maximum atomic E-state index is 12.4. The van der Waals surface area contributed by atoms with Crippen molar-refractivity contribution in [1.29, 1.82) is 0 Å². The Labute approximate surface area is 139 Å². The number of rotatable bonds is 4. The standard InChI is InChI=1S/C17H18N2O3S/c1-23-16-12(5-4-9-18-16)15(20)19-11-17(21)8-10-22-14-7-3-2-6-13(14)17/h2-7,9,21H,8,10-11H2,1H3,(H,19,20). The molecule has 1 aliphatic heterocycles. The van der Waals surface area contributed by atoms with Gasteiger partial charge in [-0.25, -0.2) is 4.98 Å². The Morgan fingerprint density at radius 3 is 3.04 bits per heavy atom. The first-order chi connectivity index (χ1) is 11.1. The summed E-state index contributed by atoms with van der Waals surface area (Å²) in [4.78, 5) is 16.6. The summed E-state index contributed by atoms with van der Waals surface area (Å²) in [5.41, 5.74) is 0.110. The fourth-order valence-electron chi connectivity index (χ4n) is 2.67. The van der Waals surface area contributed by atoms with E-state index < -0.39 is 5.60 Å². The topological polar surface area (TPSA) is 71.5 Å². The van der Waals surface area contributed by atoms with E-state index in [0.717, 1.165) is 0 Å². The Hall–Kier alpha value is -2.05. The van der Waals surface area contributed by atoms with Crippen molar-refractivity contribution in [2.45, 2.75) is 17.0 Å². The van der Waals surface area contributed by atoms with Crippen LogP contribution in [-0.2, 0) is 5.60 Å². The number of thioether (sulfide) groups is 1. The minimum atomic E-state index is -1.12. The number of amides is 1. The van der Waals surface area contributed by atoms with E-state index in [-0.39, 0.29) is 12.5 Å². The number of benzene rings is 1. The third-order valence-corrected chi connectivity index (χ3v) is 4.62. The summed E-state index contributed by atoms with van der Waals surface area (Å²) in [6.07, 6.45) is 3.97. The number of aliphatic hydroxyl groups is 1. The molecule has 1 atom stereocenters. The molecule has 0 saturated heterocycles. The van der Waals surface area contributed by atoms with Gasteiger partial charge in [-0.2, -0.15) is 0 Å². The average Bonchev–Trinajstić information content (AvgIpc) is 2.60. The third kappa shape index (κ3) is 3.18. The molecule has 6 heteroatoms. The molecule has 120 valence electrons. The first-order valence-corrected chi connectivity index (χ1v) is 8.58. The van der Waals surface area contributed by atoms with E-state index >= 15 is 0 Å². The largest absolute Gasteiger partial charge is 0.493 e. The van der Waals surface area contributed by atoms with Crippen molar-refractivity contribution < 1.29 is 14.6 Å². The SMILES string of the molecule is CSc1ncccc1C(=O)NCC1(O)CCOc2ccccc21. The molecule has 1 aromatic carbocycles. The van der Waals surface area contributed by atoms with Crippen LogP contribution in [0.1, 0.15) is 22.3 Å². The molecule has 1 aliphatic rings. The van der Waals surface area contributed by atoms with Crippen LogP contribution in [0.5, 0.6) is 5.75 Å². The van der Waals surface area contributed by atoms with E-state index in [1.165, 1.54) is 11.8 Å². The van der Waals surface area contributed by atoms with Crippen molar-refractivity contribution in [2.24, 2.45) is 0 Å². The van der Waals surface area contributed by atoms with Crippen LogP contribution in [0.4, 0.5) is 0 Å². The lowest BCUT2D eigenvalue weighted by Crippen LogP contribution is -2.44. The molecular formula is C17H18N2O3S. The molecule has 0 spiro atoms. The lowest BCUT2D eigenvalue weighted by Gasteiger charge is -2.34. The molecule has 1 amide bonds. The van der Waals surface area contributed by atoms with Gasteiger partial charge in [-0.05, 0) is 24.5 Å². The summed E-state index contributed by atoms with van der Waals surface area (Å²) in [7, 11) is 0. The van der Waals surface area contributed by atoms with Gasteiger partial charge in [0.05, 0.1) is 18.7 Å². The Bertz CT molecular complexity index is 722. The van der Waals surface area contributed by atoms with E-state index in [9.17, 15) is 9.90 Å². The monoisotopic (exact) mass is 330 g/mol. The summed E-state index contributed by atoms with van der Waals surface area (Å²) in [6.45, 7) is 0.557. The van der Waals surface area contributed by atoms with E-state index in [4.69, 9.17) is 4.74 Å². The molecular weight excluding hydrogens is 312 g/mol. The Kier molecular flexibility index (Phi) is 4.54. The van der Waals surface area contributed by atoms with Gasteiger partial charge in [0, 0.05) is 18.2 Å². The Morgan fingerprint density at radius 2 is 2.22 bits per heavy atom. The minimum Gasteiger partial charge on any atom is -0.493 e. The molecule has 3 rings (SSSR count). The maximum Gasteiger partial charge on any atom is 0.254 e. The Morgan fingerprint density at radius 1 is 1.39 bits per heavy atom. The van der Waals surface area contributed by atoms with Gasteiger partial charge in [-0.3, -0.25) is 4.79 Å². The lowest BCUT2D eigenvalue weighted by molar-refractivity contribution is -0.00163. The summed E-state index contributed by atoms with van der Waals surface area (Å²) >= 11 is 1.42. The van der Waals surface area contributed by atoms with Gasteiger partial charge >= 0.3 is 0 Å². The zero-order valence-corrected chi connectivity index (χ0v) is 13.6. The number of pyridine rings is 1. The van der Waals surface area contributed by atoms with Gasteiger partial charge in [-0.1, -0.05) is 18.2 Å². The summed E-state index contributed by atoms with van der Waals surface area (Å²) in [5, 5.41) is 14.4. The van der Waals surface area contributed by atoms with Crippen LogP contribution < -0.4 is 10.1 Å². The van der Waals surface area contributed by atoms with Crippen molar-refractivity contribution >= 4 is 17.7 Å². The molecule has 1 unspecified atom stereocenters. The molecule has 0 radical (unpaired) electrons. The molecule has 0 fully saturated rings. The number of ether oxygens (including phenoxy) is 1. The first-order valence-electron chi connectivity index (χ1n) is 7.36. The molecule has 1 aromatic heterocycles. The van der Waals surface area contributed by atoms with Crippen LogP contribution >= 0.6 is 11.8 Å². The number of aromatic nitrogens is 1. The van der Waals surface area contributed by atoms with Gasteiger partial charge in [-0.15, -0.1) is 11.8 Å². The predicted octanol–water partition coefficient (Wildman–Crippen LogP) is 2.20. The number of carbonyl (C=O) groups excluding carboxylic acids is 1. The van der Waals surface area contributed by atoms with E-state index in [2.05, 4.69) is 10.3 Å². The van der Waals surface area contributed by atoms with E-state index in [1.807, 2.05) is 30.5 Å². The van der Waals surface area contributed by atoms with Gasteiger partial charge < -0.3 is 15.2 Å². The summed E-state index contributed by atoms with van der Waals surface area (Å²) in [5.74, 6) is 0.432. The highest BCUT2D eigenvalue weighted by atomic mass is 32.2. The molecule has 2 heterocycles. The molecule has 0 saturated carbocycles. The van der Waals surface area contributed by atoms with E-state index in [1.54, 1.807) is 18.3 Å². The van der Waals surface area contributed by atoms with Crippen LogP contribution in [0.15, 0.2) is 47.6 Å². The van der Waals surface area contributed by atoms with Crippen molar-refractivity contribution in [2.75, 3.05) is 19.4 Å². The second kappa shape index (κ2) is 6.60. The fraction of sp³-hybridized carbons (Fsp3) is 0.294. The number of nitrogens with one attached hydrogen (secondary N) is 1. The highest BCUT2D eigenvalue weighted by molar-refractivity contribution is 7.98. The average molecular weight is 330 g/mol. The van der Waals surface area contributed by atoms with Crippen LogP contribution in [0, 0.1) is 0 Å². The highest BCUT2D eigenvalue weighted by Crippen LogP contribution is 2.36. The summed E-state index contributed by atoms with van der Waals surface area (Å²) < 4.78 is 5.56. The Balaban J connectivity index is 1.77. The molecule has 2 aromatic rings. The first kappa shape index (κ1) is 15.8. The summed E-state index contributed by atoms with van der Waals surface area (Å²) in [6, 6.07) is 10.8. The van der Waals surface area contributed by atoms with Crippen LogP contribution in [0.2, 0.25) is 0 Å². The second-order valence-corrected chi connectivity index (χ2v) is 6.16. The molecule has 23 heavy (non-hydrogen) atoms. The number of fused-ring (bicyclic) bond motifs is 1. The molecule has 5 nitrogen and oxygen atoms in total. The zero-order chi connectivity index (χ0) is 16.3. The van der Waals surface area contributed by atoms with Crippen molar-refractivity contribution in [3.63, 3.8) is 0 Å². The second-order valence-electron chi connectivity index (χ2n) is 5.37. The normalized spacial score (nSPS) is 19.6. The number of nitrogens with zero attached hydrogens (tertiary/aromatic N) is 1. The minimum absolute atomic E-state index is 0.134. The third-order valence-electron chi connectivity index (χ3n) is 3.91. The van der Waals surface area contributed by atoms with Crippen molar-refractivity contribution in [3.05, 3.63) is 53.7 Å². The quantitative estimate of drug-likeness (QED) is 0.841. The maximum absolute atomic E-state index is 12.4. The van der Waals surface area contributed by atoms with E-state index in [0.29, 0.717) is 34.9 Å². The fourth-order valence-corrected chi connectivity index (χ4v) is 3.22.